The van der Waals surface area contributed by atoms with E-state index >= 15 is 0 Å². The van der Waals surface area contributed by atoms with Gasteiger partial charge < -0.3 is 9.84 Å². The molecule has 6 nitrogen and oxygen atoms in total. The number of nitrogens with one attached hydrogen (secondary N) is 1. The number of ether oxygens (including phenoxy) is 1. The molecular weight excluding hydrogens is 296 g/mol. The fourth-order valence-electron chi connectivity index (χ4n) is 1.87. The van der Waals surface area contributed by atoms with Crippen LogP contribution < -0.4 is 5.32 Å². The molecule has 0 atom stereocenters. The summed E-state index contributed by atoms with van der Waals surface area (Å²) in [6, 6.07) is 10.7. The lowest BCUT2D eigenvalue weighted by Crippen LogP contribution is -2.14. The Labute approximate surface area is 135 Å². The van der Waals surface area contributed by atoms with E-state index in [4.69, 9.17) is 15.1 Å². The zero-order valence-electron chi connectivity index (χ0n) is 12.8. The lowest BCUT2D eigenvalue weighted by molar-refractivity contribution is -0.132. The fraction of sp³-hybridized carbons (Fsp3) is 0.353. The first kappa shape index (κ1) is 18.2. The van der Waals surface area contributed by atoms with Crippen molar-refractivity contribution in [2.45, 2.75) is 32.1 Å². The van der Waals surface area contributed by atoms with Crippen LogP contribution in [0.1, 0.15) is 32.1 Å². The third-order valence-corrected chi connectivity index (χ3v) is 3.05. The summed E-state index contributed by atoms with van der Waals surface area (Å²) < 4.78 is 5.06. The normalized spacial score (nSPS) is 10.7. The van der Waals surface area contributed by atoms with Crippen molar-refractivity contribution in [2.75, 3.05) is 11.9 Å². The van der Waals surface area contributed by atoms with Gasteiger partial charge in [0.15, 0.2) is 0 Å². The van der Waals surface area contributed by atoms with Crippen molar-refractivity contribution in [2.24, 2.45) is 0 Å². The van der Waals surface area contributed by atoms with Gasteiger partial charge in [-0.25, -0.2) is 9.59 Å². The zero-order valence-corrected chi connectivity index (χ0v) is 12.8. The van der Waals surface area contributed by atoms with Crippen LogP contribution >= 0.6 is 0 Å². The van der Waals surface area contributed by atoms with Gasteiger partial charge in [0.05, 0.1) is 6.61 Å². The van der Waals surface area contributed by atoms with Gasteiger partial charge in [-0.3, -0.25) is 5.32 Å². The summed E-state index contributed by atoms with van der Waals surface area (Å²) in [6.07, 6.45) is 4.83. The van der Waals surface area contributed by atoms with Gasteiger partial charge in [0.2, 0.25) is 0 Å². The highest BCUT2D eigenvalue weighted by molar-refractivity contribution is 5.90. The van der Waals surface area contributed by atoms with E-state index in [9.17, 15) is 9.59 Å². The van der Waals surface area contributed by atoms with E-state index in [1.165, 1.54) is 6.08 Å². The highest BCUT2D eigenvalue weighted by Crippen LogP contribution is 2.08. The number of allylic oxidation sites excluding steroid dienone is 1. The van der Waals surface area contributed by atoms with Crippen molar-refractivity contribution in [3.63, 3.8) is 0 Å². The van der Waals surface area contributed by atoms with Crippen LogP contribution in [0.4, 0.5) is 10.5 Å². The topological polar surface area (TPSA) is 99.4 Å². The van der Waals surface area contributed by atoms with Crippen LogP contribution in [0.5, 0.6) is 0 Å². The minimum atomic E-state index is -1.19. The Morgan fingerprint density at radius 1 is 1.17 bits per heavy atom. The second kappa shape index (κ2) is 10.9. The van der Waals surface area contributed by atoms with Gasteiger partial charge in [0.25, 0.3) is 0 Å². The highest BCUT2D eigenvalue weighted by atomic mass is 16.5. The smallest absolute Gasteiger partial charge is 0.411 e. The number of carbonyl (C=O) groups excluding carboxylic acids is 1. The number of amides is 1. The molecule has 0 aliphatic rings. The number of hydrogen-bond donors (Lipinski definition) is 2. The monoisotopic (exact) mass is 316 g/mol. The van der Waals surface area contributed by atoms with Gasteiger partial charge in [-0.1, -0.05) is 37.1 Å². The Morgan fingerprint density at radius 2 is 1.87 bits per heavy atom. The Kier molecular flexibility index (Phi) is 8.61. The van der Waals surface area contributed by atoms with Crippen LogP contribution in [-0.2, 0) is 9.53 Å². The number of carboxylic acid groups (broad SMARTS) is 1. The molecule has 0 heterocycles. The number of hydrogen-bond acceptors (Lipinski definition) is 4. The quantitative estimate of drug-likeness (QED) is 0.411. The van der Waals surface area contributed by atoms with E-state index in [0.29, 0.717) is 18.7 Å². The minimum absolute atomic E-state index is 0.217. The van der Waals surface area contributed by atoms with E-state index < -0.39 is 12.1 Å². The van der Waals surface area contributed by atoms with Crippen molar-refractivity contribution in [1.82, 2.24) is 0 Å². The maximum Gasteiger partial charge on any atom is 0.411 e. The second-order valence-electron chi connectivity index (χ2n) is 4.86. The average Bonchev–Trinajstić information content (AvgIpc) is 2.54. The number of para-hydroxylation sites is 1. The fourth-order valence-corrected chi connectivity index (χ4v) is 1.87. The Bertz CT molecular complexity index is 576. The van der Waals surface area contributed by atoms with Gasteiger partial charge in [-0.2, -0.15) is 5.26 Å². The molecule has 0 fully saturated rings. The maximum atomic E-state index is 11.5. The third kappa shape index (κ3) is 8.27. The molecule has 0 aliphatic heterocycles. The standard InChI is InChI=1S/C17H20N2O4/c18-13-14(16(20)21)9-5-2-1-3-8-12-23-17(22)19-15-10-6-4-7-11-15/h4,6-7,9-11H,1-3,5,8,12H2,(H,19,22)(H,20,21)/b14-9+. The Balaban J connectivity index is 2.04. The van der Waals surface area contributed by atoms with Crippen LogP contribution in [0.15, 0.2) is 42.0 Å². The number of anilines is 1. The summed E-state index contributed by atoms with van der Waals surface area (Å²) in [4.78, 5) is 22.1. The largest absolute Gasteiger partial charge is 0.477 e. The van der Waals surface area contributed by atoms with Gasteiger partial charge in [0.1, 0.15) is 11.6 Å². The summed E-state index contributed by atoms with van der Waals surface area (Å²) in [6.45, 7) is 0.340. The molecule has 0 spiro atoms. The van der Waals surface area contributed by atoms with E-state index in [-0.39, 0.29) is 5.57 Å². The number of unbranched alkanes of at least 4 members (excludes halogenated alkanes) is 4. The molecule has 0 unspecified atom stereocenters. The molecule has 1 rings (SSSR count). The molecule has 0 aliphatic carbocycles. The van der Waals surface area contributed by atoms with Gasteiger partial charge in [-0.15, -0.1) is 0 Å². The van der Waals surface area contributed by atoms with E-state index in [1.807, 2.05) is 18.2 Å². The molecule has 1 aromatic rings. The molecule has 0 saturated carbocycles. The van der Waals surface area contributed by atoms with Gasteiger partial charge >= 0.3 is 12.1 Å². The first-order valence-corrected chi connectivity index (χ1v) is 7.46. The third-order valence-electron chi connectivity index (χ3n) is 3.05. The summed E-state index contributed by atoms with van der Waals surface area (Å²) >= 11 is 0. The van der Waals surface area contributed by atoms with Gasteiger partial charge in [-0.05, 0) is 31.4 Å². The maximum absolute atomic E-state index is 11.5. The first-order valence-electron chi connectivity index (χ1n) is 7.46. The van der Waals surface area contributed by atoms with Crippen LogP contribution in [0.25, 0.3) is 0 Å². The van der Waals surface area contributed by atoms with Crippen LogP contribution in [0, 0.1) is 11.3 Å². The molecular formula is C17H20N2O4. The Hall–Kier alpha value is -2.81. The van der Waals surface area contributed by atoms with Crippen molar-refractivity contribution in [3.8, 4) is 6.07 Å². The van der Waals surface area contributed by atoms with Crippen LogP contribution in [0.3, 0.4) is 0 Å². The lowest BCUT2D eigenvalue weighted by Gasteiger charge is -2.06. The predicted octanol–water partition coefficient (Wildman–Crippen LogP) is 3.72. The van der Waals surface area contributed by atoms with Crippen molar-refractivity contribution < 1.29 is 19.4 Å². The number of carbonyl (C=O) groups is 2. The molecule has 0 radical (unpaired) electrons. The zero-order chi connectivity index (χ0) is 16.9. The lowest BCUT2D eigenvalue weighted by atomic mass is 10.1. The molecule has 1 aromatic carbocycles. The molecule has 1 amide bonds. The van der Waals surface area contributed by atoms with E-state index in [2.05, 4.69) is 5.32 Å². The number of aliphatic carboxylic acids is 1. The van der Waals surface area contributed by atoms with Crippen LogP contribution in [0.2, 0.25) is 0 Å². The number of nitriles is 1. The SMILES string of the molecule is N#C/C(=C\CCCCCCOC(=O)Nc1ccccc1)C(=O)O. The number of carboxylic acids is 1. The van der Waals surface area contributed by atoms with E-state index in [0.717, 1.165) is 25.7 Å². The molecule has 6 heteroatoms. The summed E-state index contributed by atoms with van der Waals surface area (Å²) in [5, 5.41) is 19.9. The number of benzene rings is 1. The molecule has 0 aromatic heterocycles. The minimum Gasteiger partial charge on any atom is -0.477 e. The average molecular weight is 316 g/mol. The highest BCUT2D eigenvalue weighted by Gasteiger charge is 2.04. The molecule has 0 saturated heterocycles. The van der Waals surface area contributed by atoms with Crippen molar-refractivity contribution in [3.05, 3.63) is 42.0 Å². The summed E-state index contributed by atoms with van der Waals surface area (Å²) in [5.74, 6) is -1.19. The van der Waals surface area contributed by atoms with Crippen molar-refractivity contribution >= 4 is 17.7 Å². The van der Waals surface area contributed by atoms with E-state index in [1.54, 1.807) is 18.2 Å². The first-order chi connectivity index (χ1) is 11.1. The summed E-state index contributed by atoms with van der Waals surface area (Å²) in [5.41, 5.74) is 0.474. The molecule has 122 valence electrons. The Morgan fingerprint density at radius 3 is 2.52 bits per heavy atom. The van der Waals surface area contributed by atoms with Gasteiger partial charge in [0, 0.05) is 5.69 Å². The molecule has 2 N–H and O–H groups in total. The molecule has 0 bridgehead atoms. The number of rotatable bonds is 9. The van der Waals surface area contributed by atoms with Crippen LogP contribution in [-0.4, -0.2) is 23.8 Å². The number of nitrogens with zero attached hydrogens (tertiary/aromatic N) is 1. The second-order valence-corrected chi connectivity index (χ2v) is 4.86. The predicted molar refractivity (Wildman–Crippen MR) is 85.8 cm³/mol. The molecule has 23 heavy (non-hydrogen) atoms. The van der Waals surface area contributed by atoms with Crippen molar-refractivity contribution in [1.29, 1.82) is 5.26 Å². The summed E-state index contributed by atoms with van der Waals surface area (Å²) in [7, 11) is 0.